The zero-order valence-electron chi connectivity index (χ0n) is 16.6. The molecule has 1 fully saturated rings. The second-order valence-electron chi connectivity index (χ2n) is 7.55. The molecule has 2 aliphatic heterocycles. The predicted molar refractivity (Wildman–Crippen MR) is 118 cm³/mol. The van der Waals surface area contributed by atoms with Crippen LogP contribution in [0.25, 0.3) is 0 Å². The van der Waals surface area contributed by atoms with E-state index in [9.17, 15) is 24.1 Å². The van der Waals surface area contributed by atoms with E-state index in [1.54, 1.807) is 23.1 Å². The highest BCUT2D eigenvalue weighted by Gasteiger charge is 2.28. The first-order valence-corrected chi connectivity index (χ1v) is 11.2. The van der Waals surface area contributed by atoms with E-state index in [0.717, 1.165) is 18.9 Å². The van der Waals surface area contributed by atoms with Gasteiger partial charge in [0.25, 0.3) is 5.91 Å². The third-order valence-corrected chi connectivity index (χ3v) is 6.19. The monoisotopic (exact) mass is 448 g/mol. The maximum atomic E-state index is 12.8. The van der Waals surface area contributed by atoms with Gasteiger partial charge in [0.05, 0.1) is 23.4 Å². The lowest BCUT2D eigenvalue weighted by Crippen LogP contribution is -2.41. The number of piperidine rings is 1. The molecule has 2 aliphatic rings. The van der Waals surface area contributed by atoms with Crippen LogP contribution < -0.4 is 15.2 Å². The van der Waals surface area contributed by atoms with E-state index in [4.69, 9.17) is 10.5 Å². The number of nitrogens with one attached hydrogen (secondary N) is 1. The number of benzene rings is 2. The largest absolute Gasteiger partial charge is 0.508 e. The van der Waals surface area contributed by atoms with E-state index in [1.165, 1.54) is 12.1 Å². The van der Waals surface area contributed by atoms with Gasteiger partial charge in [0.2, 0.25) is 0 Å². The van der Waals surface area contributed by atoms with E-state index in [-0.39, 0.29) is 34.7 Å². The Labute approximate surface area is 180 Å². The van der Waals surface area contributed by atoms with Crippen LogP contribution in [0.5, 0.6) is 17.2 Å². The van der Waals surface area contributed by atoms with Gasteiger partial charge in [-0.05, 0) is 48.1 Å². The molecule has 10 nitrogen and oxygen atoms in total. The molecule has 2 aromatic carbocycles. The molecule has 11 heteroatoms. The van der Waals surface area contributed by atoms with Crippen molar-refractivity contribution in [2.45, 2.75) is 12.8 Å². The third-order valence-electron chi connectivity index (χ3n) is 5.25. The molecule has 1 saturated heterocycles. The van der Waals surface area contributed by atoms with Crippen molar-refractivity contribution < 1.29 is 28.8 Å². The molecule has 2 heterocycles. The molecule has 0 radical (unpaired) electrons. The number of nitrogens with two attached hydrogens (primary N) is 1. The number of fused-ring (bicyclic) bond motifs is 1. The molecular formula is C20H24N4O6S. The molecule has 7 N–H and O–H groups in total. The summed E-state index contributed by atoms with van der Waals surface area (Å²) >= 11 is 0. The number of anilines is 1. The minimum absolute atomic E-state index is 0.0207. The van der Waals surface area contributed by atoms with Crippen molar-refractivity contribution in [1.29, 1.82) is 0 Å². The molecule has 0 aliphatic carbocycles. The summed E-state index contributed by atoms with van der Waals surface area (Å²) in [6.07, 6.45) is 1.65. The number of likely N-dealkylation sites (tertiary alicyclic amines) is 1. The summed E-state index contributed by atoms with van der Waals surface area (Å²) in [6.45, 7) is 1.35. The number of phenols is 2. The summed E-state index contributed by atoms with van der Waals surface area (Å²) < 4.78 is 31.8. The van der Waals surface area contributed by atoms with Crippen molar-refractivity contribution in [3.63, 3.8) is 0 Å². The minimum Gasteiger partial charge on any atom is -0.508 e. The molecule has 2 aromatic rings. The SMILES string of the molecule is NC1=NS(O)(O)Nc2cccc(OCC3CCCN(C(=O)c4ccc(O)cc4O)C3)c21. The van der Waals surface area contributed by atoms with E-state index in [0.29, 0.717) is 36.7 Å². The van der Waals surface area contributed by atoms with Gasteiger partial charge in [-0.2, -0.15) is 0 Å². The number of nitrogens with zero attached hydrogens (tertiary/aromatic N) is 2. The first-order valence-electron chi connectivity index (χ1n) is 9.72. The van der Waals surface area contributed by atoms with E-state index >= 15 is 0 Å². The Morgan fingerprint density at radius 1 is 1.29 bits per heavy atom. The molecule has 0 spiro atoms. The number of carbonyl (C=O) groups is 1. The smallest absolute Gasteiger partial charge is 0.257 e. The van der Waals surface area contributed by atoms with Crippen LogP contribution in [0, 0.1) is 5.92 Å². The fourth-order valence-electron chi connectivity index (χ4n) is 3.82. The summed E-state index contributed by atoms with van der Waals surface area (Å²) in [5.74, 6) is -0.169. The number of ether oxygens (including phenoxy) is 1. The Bertz CT molecular complexity index is 1040. The van der Waals surface area contributed by atoms with Gasteiger partial charge < -0.3 is 25.6 Å². The van der Waals surface area contributed by atoms with Gasteiger partial charge in [0, 0.05) is 25.1 Å². The fraction of sp³-hybridized carbons (Fsp3) is 0.300. The van der Waals surface area contributed by atoms with Crippen LogP contribution in [0.15, 0.2) is 40.8 Å². The van der Waals surface area contributed by atoms with Gasteiger partial charge in [-0.1, -0.05) is 6.07 Å². The van der Waals surface area contributed by atoms with E-state index in [2.05, 4.69) is 9.12 Å². The minimum atomic E-state index is -3.37. The highest BCUT2D eigenvalue weighted by atomic mass is 32.3. The summed E-state index contributed by atoms with van der Waals surface area (Å²) in [6, 6.07) is 9.00. The normalized spacial score (nSPS) is 20.8. The molecule has 4 rings (SSSR count). The van der Waals surface area contributed by atoms with Gasteiger partial charge in [0.1, 0.15) is 17.2 Å². The van der Waals surface area contributed by atoms with Gasteiger partial charge in [0.15, 0.2) is 5.84 Å². The first kappa shape index (κ1) is 21.1. The summed E-state index contributed by atoms with van der Waals surface area (Å²) in [5.41, 5.74) is 6.95. The number of hydrogen-bond acceptors (Lipinski definition) is 9. The van der Waals surface area contributed by atoms with Gasteiger partial charge in [-0.15, -0.1) is 4.40 Å². The summed E-state index contributed by atoms with van der Waals surface area (Å²) in [7, 11) is -3.37. The standard InChI is InChI=1S/C20H24N4O6S/c21-19-18-15(22-31(28,29)23-19)4-1-5-17(18)30-11-12-3-2-8-24(10-12)20(27)14-7-6-13(25)9-16(14)26/h1,4-7,9,12,22,25-26,28-29H,2-3,8,10-11H2,(H2,21,23). The van der Waals surface area contributed by atoms with Gasteiger partial charge in [-0.25, -0.2) is 0 Å². The maximum Gasteiger partial charge on any atom is 0.257 e. The number of amides is 1. The lowest BCUT2D eigenvalue weighted by atomic mass is 9.98. The van der Waals surface area contributed by atoms with Crippen LogP contribution in [0.1, 0.15) is 28.8 Å². The lowest BCUT2D eigenvalue weighted by molar-refractivity contribution is 0.0630. The van der Waals surface area contributed by atoms with E-state index in [1.807, 2.05) is 0 Å². The molecule has 0 aromatic heterocycles. The van der Waals surface area contributed by atoms with Crippen molar-refractivity contribution in [2.24, 2.45) is 16.0 Å². The van der Waals surface area contributed by atoms with Crippen LogP contribution in [-0.4, -0.2) is 55.7 Å². The molecule has 0 bridgehead atoms. The molecule has 1 atom stereocenters. The van der Waals surface area contributed by atoms with Crippen LogP contribution in [0.3, 0.4) is 0 Å². The topological polar surface area (TPSA) is 161 Å². The molecule has 31 heavy (non-hydrogen) atoms. The molecule has 166 valence electrons. The van der Waals surface area contributed by atoms with Crippen molar-refractivity contribution in [2.75, 3.05) is 24.4 Å². The Morgan fingerprint density at radius 2 is 2.10 bits per heavy atom. The number of aromatic hydroxyl groups is 2. The lowest BCUT2D eigenvalue weighted by Gasteiger charge is -2.34. The second-order valence-corrected chi connectivity index (χ2v) is 8.97. The van der Waals surface area contributed by atoms with Crippen molar-refractivity contribution in [3.05, 3.63) is 47.5 Å². The van der Waals surface area contributed by atoms with Crippen molar-refractivity contribution in [1.82, 2.24) is 4.90 Å². The van der Waals surface area contributed by atoms with Crippen LogP contribution in [0.4, 0.5) is 5.69 Å². The van der Waals surface area contributed by atoms with Crippen LogP contribution in [-0.2, 0) is 0 Å². The third kappa shape index (κ3) is 4.48. The highest BCUT2D eigenvalue weighted by Crippen LogP contribution is 2.46. The van der Waals surface area contributed by atoms with E-state index < -0.39 is 11.0 Å². The zero-order chi connectivity index (χ0) is 22.2. The average Bonchev–Trinajstić information content (AvgIpc) is 2.71. The quantitative estimate of drug-likeness (QED) is 0.416. The Hall–Kier alpha value is -3.15. The fourth-order valence-corrected chi connectivity index (χ4v) is 4.69. The summed E-state index contributed by atoms with van der Waals surface area (Å²) in [5, 5.41) is 19.4. The van der Waals surface area contributed by atoms with Gasteiger partial charge in [-0.3, -0.25) is 18.6 Å². The van der Waals surface area contributed by atoms with Crippen molar-refractivity contribution >= 4 is 28.4 Å². The summed E-state index contributed by atoms with van der Waals surface area (Å²) in [4.78, 5) is 14.5. The Kier molecular flexibility index (Phi) is 5.56. The number of phenolic OH excluding ortho intramolecular Hbond substituents is 2. The highest BCUT2D eigenvalue weighted by molar-refractivity contribution is 8.24. The first-order chi connectivity index (χ1) is 14.7. The van der Waals surface area contributed by atoms with Crippen LogP contribution >= 0.6 is 11.0 Å². The number of amidine groups is 1. The molecule has 1 amide bonds. The Morgan fingerprint density at radius 3 is 2.87 bits per heavy atom. The Balaban J connectivity index is 1.44. The number of carbonyl (C=O) groups excluding carboxylic acids is 1. The average molecular weight is 449 g/mol. The van der Waals surface area contributed by atoms with Crippen molar-refractivity contribution in [3.8, 4) is 17.2 Å². The molecule has 0 saturated carbocycles. The molecular weight excluding hydrogens is 424 g/mol. The second kappa shape index (κ2) is 8.17. The van der Waals surface area contributed by atoms with Gasteiger partial charge >= 0.3 is 0 Å². The predicted octanol–water partition coefficient (Wildman–Crippen LogP) is 2.74. The van der Waals surface area contributed by atoms with Crippen LogP contribution in [0.2, 0.25) is 0 Å². The number of hydrogen-bond donors (Lipinski definition) is 6. The maximum absolute atomic E-state index is 12.8. The number of rotatable bonds is 4. The molecule has 1 unspecified atom stereocenters. The zero-order valence-corrected chi connectivity index (χ0v) is 17.4.